The number of rotatable bonds is 5. The van der Waals surface area contributed by atoms with Gasteiger partial charge in [-0.15, -0.1) is 0 Å². The molecular weight excluding hydrogens is 356 g/mol. The van der Waals surface area contributed by atoms with Crippen LogP contribution < -0.4 is 4.74 Å². The molecule has 5 heteroatoms. The van der Waals surface area contributed by atoms with Crippen molar-refractivity contribution in [3.63, 3.8) is 0 Å². The molecule has 4 nitrogen and oxygen atoms in total. The lowest BCUT2D eigenvalue weighted by Crippen LogP contribution is -2.31. The van der Waals surface area contributed by atoms with E-state index in [1.807, 2.05) is 17.0 Å². The van der Waals surface area contributed by atoms with Gasteiger partial charge in [-0.25, -0.2) is 4.98 Å². The fourth-order valence-electron chi connectivity index (χ4n) is 3.62. The highest BCUT2D eigenvalue weighted by Gasteiger charge is 2.28. The highest BCUT2D eigenvalue weighted by Crippen LogP contribution is 2.28. The monoisotopic (exact) mass is 380 g/mol. The van der Waals surface area contributed by atoms with Crippen LogP contribution in [0.1, 0.15) is 51.4 Å². The number of likely N-dealkylation sites (tertiary alicyclic amines) is 1. The van der Waals surface area contributed by atoms with Gasteiger partial charge in [-0.05, 0) is 34.3 Å². The van der Waals surface area contributed by atoms with Gasteiger partial charge in [0.25, 0.3) is 0 Å². The van der Waals surface area contributed by atoms with Gasteiger partial charge in [0.2, 0.25) is 11.8 Å². The van der Waals surface area contributed by atoms with Crippen LogP contribution in [0.5, 0.6) is 5.88 Å². The van der Waals surface area contributed by atoms with Crippen molar-refractivity contribution < 1.29 is 9.53 Å². The van der Waals surface area contributed by atoms with E-state index in [4.69, 9.17) is 4.74 Å². The number of carbonyl (C=O) groups is 1. The Morgan fingerprint density at radius 2 is 2.09 bits per heavy atom. The summed E-state index contributed by atoms with van der Waals surface area (Å²) in [6.45, 7) is 1.51. The van der Waals surface area contributed by atoms with E-state index in [2.05, 4.69) is 20.9 Å². The Kier molecular flexibility index (Phi) is 5.92. The van der Waals surface area contributed by atoms with Crippen molar-refractivity contribution in [2.45, 2.75) is 57.5 Å². The molecule has 1 aromatic rings. The van der Waals surface area contributed by atoms with Crippen LogP contribution in [0.4, 0.5) is 0 Å². The normalized spacial score (nSPS) is 22.3. The molecule has 1 amide bonds. The van der Waals surface area contributed by atoms with Crippen molar-refractivity contribution in [1.29, 1.82) is 0 Å². The second-order valence-corrected chi connectivity index (χ2v) is 7.64. The average Bonchev–Trinajstić information content (AvgIpc) is 3.04. The van der Waals surface area contributed by atoms with Gasteiger partial charge in [0.1, 0.15) is 6.10 Å². The lowest BCUT2D eigenvalue weighted by atomic mass is 9.86. The number of pyridine rings is 1. The van der Waals surface area contributed by atoms with Crippen molar-refractivity contribution in [2.24, 2.45) is 5.92 Å². The van der Waals surface area contributed by atoms with Crippen molar-refractivity contribution in [3.8, 4) is 5.88 Å². The predicted octanol–water partition coefficient (Wildman–Crippen LogP) is 4.18. The molecule has 126 valence electrons. The summed E-state index contributed by atoms with van der Waals surface area (Å²) < 4.78 is 6.82. The summed E-state index contributed by atoms with van der Waals surface area (Å²) >= 11 is 3.37. The summed E-state index contributed by atoms with van der Waals surface area (Å²) in [6.07, 6.45) is 11.2. The van der Waals surface area contributed by atoms with Gasteiger partial charge in [-0.2, -0.15) is 0 Å². The molecule has 0 spiro atoms. The number of nitrogens with zero attached hydrogens (tertiary/aromatic N) is 2. The van der Waals surface area contributed by atoms with Gasteiger partial charge in [-0.1, -0.05) is 32.1 Å². The van der Waals surface area contributed by atoms with E-state index in [9.17, 15) is 4.79 Å². The maximum absolute atomic E-state index is 12.4. The van der Waals surface area contributed by atoms with Crippen LogP contribution in [0, 0.1) is 5.92 Å². The van der Waals surface area contributed by atoms with Crippen LogP contribution in [0.3, 0.4) is 0 Å². The minimum Gasteiger partial charge on any atom is -0.472 e. The molecule has 0 radical (unpaired) electrons. The second kappa shape index (κ2) is 8.13. The average molecular weight is 381 g/mol. The van der Waals surface area contributed by atoms with E-state index in [1.165, 1.54) is 32.1 Å². The third-order valence-corrected chi connectivity index (χ3v) is 5.45. The Morgan fingerprint density at radius 1 is 1.26 bits per heavy atom. The zero-order chi connectivity index (χ0) is 16.1. The topological polar surface area (TPSA) is 42.4 Å². The molecule has 1 aromatic heterocycles. The number of halogens is 1. The fourth-order valence-corrected chi connectivity index (χ4v) is 3.85. The molecule has 0 N–H and O–H groups in total. The first kappa shape index (κ1) is 16.7. The predicted molar refractivity (Wildman–Crippen MR) is 93.4 cm³/mol. The fraction of sp³-hybridized carbons (Fsp3) is 0.667. The Morgan fingerprint density at radius 3 is 2.83 bits per heavy atom. The zero-order valence-corrected chi connectivity index (χ0v) is 15.1. The molecule has 1 saturated heterocycles. The number of hydrogen-bond acceptors (Lipinski definition) is 3. The second-order valence-electron chi connectivity index (χ2n) is 6.73. The van der Waals surface area contributed by atoms with Crippen LogP contribution in [-0.2, 0) is 4.79 Å². The van der Waals surface area contributed by atoms with E-state index in [-0.39, 0.29) is 6.10 Å². The summed E-state index contributed by atoms with van der Waals surface area (Å²) in [5.74, 6) is 1.70. The number of hydrogen-bond donors (Lipinski definition) is 0. The third kappa shape index (κ3) is 4.93. The van der Waals surface area contributed by atoms with Crippen molar-refractivity contribution >= 4 is 21.8 Å². The first-order chi connectivity index (χ1) is 11.2. The molecule has 1 aliphatic heterocycles. The summed E-state index contributed by atoms with van der Waals surface area (Å²) in [5.41, 5.74) is 0. The molecule has 2 aliphatic rings. The number of aromatic nitrogens is 1. The number of carbonyl (C=O) groups excluding carboxylic acids is 1. The lowest BCUT2D eigenvalue weighted by molar-refractivity contribution is -0.130. The van der Waals surface area contributed by atoms with Crippen LogP contribution >= 0.6 is 15.9 Å². The molecule has 23 heavy (non-hydrogen) atoms. The van der Waals surface area contributed by atoms with E-state index in [0.717, 1.165) is 29.8 Å². The number of ether oxygens (including phenoxy) is 1. The summed E-state index contributed by atoms with van der Waals surface area (Å²) in [6, 6.07) is 3.78. The molecule has 1 aliphatic carbocycles. The van der Waals surface area contributed by atoms with Gasteiger partial charge in [0, 0.05) is 36.1 Å². The maximum Gasteiger partial charge on any atom is 0.222 e. The van der Waals surface area contributed by atoms with Gasteiger partial charge in [-0.3, -0.25) is 4.79 Å². The minimum atomic E-state index is 0.0716. The molecule has 2 heterocycles. The first-order valence-electron chi connectivity index (χ1n) is 8.76. The number of amides is 1. The standard InChI is InChI=1S/C18H25BrN2O2/c19-15-7-8-17(20-12-15)23-16-10-11-21(13-16)18(22)9-6-14-4-2-1-3-5-14/h7-8,12,14,16H,1-6,9-11,13H2. The van der Waals surface area contributed by atoms with E-state index >= 15 is 0 Å². The van der Waals surface area contributed by atoms with Gasteiger partial charge in [0.05, 0.1) is 6.54 Å². The Balaban J connectivity index is 1.41. The van der Waals surface area contributed by atoms with Gasteiger partial charge in [0.15, 0.2) is 0 Å². The Hall–Kier alpha value is -1.10. The molecule has 1 atom stereocenters. The maximum atomic E-state index is 12.4. The highest BCUT2D eigenvalue weighted by atomic mass is 79.9. The van der Waals surface area contributed by atoms with E-state index in [1.54, 1.807) is 6.20 Å². The van der Waals surface area contributed by atoms with Crippen LogP contribution in [0.2, 0.25) is 0 Å². The van der Waals surface area contributed by atoms with Gasteiger partial charge < -0.3 is 9.64 Å². The smallest absolute Gasteiger partial charge is 0.222 e. The molecule has 2 fully saturated rings. The third-order valence-electron chi connectivity index (χ3n) is 4.98. The van der Waals surface area contributed by atoms with Crippen molar-refractivity contribution in [2.75, 3.05) is 13.1 Å². The summed E-state index contributed by atoms with van der Waals surface area (Å²) in [5, 5.41) is 0. The highest BCUT2D eigenvalue weighted by molar-refractivity contribution is 9.10. The van der Waals surface area contributed by atoms with Crippen molar-refractivity contribution in [1.82, 2.24) is 9.88 Å². The minimum absolute atomic E-state index is 0.0716. The molecule has 1 saturated carbocycles. The molecule has 3 rings (SSSR count). The summed E-state index contributed by atoms with van der Waals surface area (Å²) in [7, 11) is 0. The van der Waals surface area contributed by atoms with Crippen LogP contribution in [0.15, 0.2) is 22.8 Å². The molecular formula is C18H25BrN2O2. The van der Waals surface area contributed by atoms with Gasteiger partial charge >= 0.3 is 0 Å². The molecule has 0 bridgehead atoms. The quantitative estimate of drug-likeness (QED) is 0.768. The Bertz CT molecular complexity index is 514. The van der Waals surface area contributed by atoms with Crippen LogP contribution in [0.25, 0.3) is 0 Å². The summed E-state index contributed by atoms with van der Waals surface area (Å²) in [4.78, 5) is 18.6. The lowest BCUT2D eigenvalue weighted by Gasteiger charge is -2.22. The Labute approximate surface area is 146 Å². The molecule has 1 unspecified atom stereocenters. The SMILES string of the molecule is O=C(CCC1CCCCC1)N1CCC(Oc2ccc(Br)cn2)C1. The van der Waals surface area contributed by atoms with E-state index in [0.29, 0.717) is 24.8 Å². The molecule has 0 aromatic carbocycles. The van der Waals surface area contributed by atoms with E-state index < -0.39 is 0 Å². The zero-order valence-electron chi connectivity index (χ0n) is 13.5. The van der Waals surface area contributed by atoms with Crippen molar-refractivity contribution in [3.05, 3.63) is 22.8 Å². The van der Waals surface area contributed by atoms with Crippen LogP contribution in [-0.4, -0.2) is 35.0 Å². The first-order valence-corrected chi connectivity index (χ1v) is 9.56. The largest absolute Gasteiger partial charge is 0.472 e.